The third-order valence-electron chi connectivity index (χ3n) is 5.39. The number of urea groups is 1. The van der Waals surface area contributed by atoms with Crippen molar-refractivity contribution in [3.63, 3.8) is 0 Å². The molecule has 3 aromatic rings. The number of carbonyl (C=O) groups excluding carboxylic acids is 2. The molecule has 158 valence electrons. The van der Waals surface area contributed by atoms with Gasteiger partial charge in [0, 0.05) is 35.6 Å². The first-order valence-electron chi connectivity index (χ1n) is 10.2. The molecule has 0 saturated carbocycles. The number of anilines is 2. The van der Waals surface area contributed by atoms with Gasteiger partial charge in [-0.05, 0) is 54.8 Å². The molecular formula is C25H25N3O3. The second-order valence-electron chi connectivity index (χ2n) is 7.60. The maximum atomic E-state index is 13.1. The van der Waals surface area contributed by atoms with Gasteiger partial charge in [0.05, 0.1) is 7.11 Å². The van der Waals surface area contributed by atoms with Crippen molar-refractivity contribution < 1.29 is 14.3 Å². The molecule has 1 aliphatic heterocycles. The Kier molecular flexibility index (Phi) is 5.89. The standard InChI is InChI=1S/C25H25N3O3/c1-17-13-20-12-11-18(14-23(20)28(17)24(29)19-7-4-3-5-8-19)16-26-25(30)27-21-9-6-10-22(15-21)31-2/h3-12,14-15,17H,13,16H2,1-2H3,(H2,26,27,30)/t17-/m0/s1. The topological polar surface area (TPSA) is 70.7 Å². The van der Waals surface area contributed by atoms with E-state index in [1.807, 2.05) is 65.6 Å². The Morgan fingerprint density at radius 2 is 1.84 bits per heavy atom. The lowest BCUT2D eigenvalue weighted by Crippen LogP contribution is -2.35. The van der Waals surface area contributed by atoms with Gasteiger partial charge in [-0.15, -0.1) is 0 Å². The molecule has 6 heteroatoms. The number of nitrogens with zero attached hydrogens (tertiary/aromatic N) is 1. The molecule has 0 bridgehead atoms. The van der Waals surface area contributed by atoms with Crippen molar-refractivity contribution in [2.24, 2.45) is 0 Å². The van der Waals surface area contributed by atoms with Crippen LogP contribution in [0.25, 0.3) is 0 Å². The number of hydrogen-bond donors (Lipinski definition) is 2. The van der Waals surface area contributed by atoms with Crippen LogP contribution in [0.1, 0.15) is 28.4 Å². The predicted molar refractivity (Wildman–Crippen MR) is 122 cm³/mol. The first-order valence-corrected chi connectivity index (χ1v) is 10.2. The minimum absolute atomic E-state index is 0.00673. The fraction of sp³-hybridized carbons (Fsp3) is 0.200. The van der Waals surface area contributed by atoms with Crippen LogP contribution < -0.4 is 20.3 Å². The zero-order chi connectivity index (χ0) is 21.8. The molecule has 3 aromatic carbocycles. The molecule has 2 N–H and O–H groups in total. The van der Waals surface area contributed by atoms with Crippen molar-refractivity contribution in [2.45, 2.75) is 25.9 Å². The van der Waals surface area contributed by atoms with Gasteiger partial charge in [0.15, 0.2) is 0 Å². The normalized spacial score (nSPS) is 14.6. The van der Waals surface area contributed by atoms with E-state index >= 15 is 0 Å². The number of fused-ring (bicyclic) bond motifs is 1. The van der Waals surface area contributed by atoms with Crippen LogP contribution in [-0.4, -0.2) is 25.1 Å². The van der Waals surface area contributed by atoms with Gasteiger partial charge < -0.3 is 20.3 Å². The number of hydrogen-bond acceptors (Lipinski definition) is 3. The first-order chi connectivity index (χ1) is 15.0. The molecule has 0 fully saturated rings. The smallest absolute Gasteiger partial charge is 0.319 e. The SMILES string of the molecule is COc1cccc(NC(=O)NCc2ccc3c(c2)N(C(=O)c2ccccc2)[C@@H](C)C3)c1. The second-order valence-corrected chi connectivity index (χ2v) is 7.60. The lowest BCUT2D eigenvalue weighted by Gasteiger charge is -2.23. The Morgan fingerprint density at radius 1 is 1.03 bits per heavy atom. The highest BCUT2D eigenvalue weighted by Gasteiger charge is 2.31. The van der Waals surface area contributed by atoms with E-state index in [4.69, 9.17) is 4.74 Å². The molecule has 0 aromatic heterocycles. The maximum absolute atomic E-state index is 13.1. The summed E-state index contributed by atoms with van der Waals surface area (Å²) < 4.78 is 5.17. The van der Waals surface area contributed by atoms with Crippen molar-refractivity contribution in [1.29, 1.82) is 0 Å². The van der Waals surface area contributed by atoms with Crippen molar-refractivity contribution in [2.75, 3.05) is 17.3 Å². The lowest BCUT2D eigenvalue weighted by molar-refractivity contribution is 0.0981. The minimum atomic E-state index is -0.306. The largest absolute Gasteiger partial charge is 0.497 e. The van der Waals surface area contributed by atoms with E-state index in [9.17, 15) is 9.59 Å². The number of methoxy groups -OCH3 is 1. The molecule has 1 atom stereocenters. The van der Waals surface area contributed by atoms with Crippen LogP contribution in [-0.2, 0) is 13.0 Å². The molecule has 6 nitrogen and oxygen atoms in total. The van der Waals surface area contributed by atoms with E-state index < -0.39 is 0 Å². The molecule has 0 unspecified atom stereocenters. The summed E-state index contributed by atoms with van der Waals surface area (Å²) in [5, 5.41) is 5.67. The van der Waals surface area contributed by atoms with Crippen LogP contribution in [0.3, 0.4) is 0 Å². The number of carbonyl (C=O) groups is 2. The van der Waals surface area contributed by atoms with Gasteiger partial charge in [-0.2, -0.15) is 0 Å². The summed E-state index contributed by atoms with van der Waals surface area (Å²) in [6.07, 6.45) is 0.817. The van der Waals surface area contributed by atoms with E-state index in [2.05, 4.69) is 17.6 Å². The predicted octanol–water partition coefficient (Wildman–Crippen LogP) is 4.61. The lowest BCUT2D eigenvalue weighted by atomic mass is 10.1. The first kappa shape index (κ1) is 20.5. The van der Waals surface area contributed by atoms with E-state index in [1.165, 1.54) is 0 Å². The Hall–Kier alpha value is -3.80. The Morgan fingerprint density at radius 3 is 2.61 bits per heavy atom. The van der Waals surface area contributed by atoms with E-state index in [0.717, 1.165) is 23.2 Å². The van der Waals surface area contributed by atoms with Gasteiger partial charge in [0.25, 0.3) is 5.91 Å². The highest BCUT2D eigenvalue weighted by Crippen LogP contribution is 2.34. The van der Waals surface area contributed by atoms with Gasteiger partial charge >= 0.3 is 6.03 Å². The molecule has 31 heavy (non-hydrogen) atoms. The highest BCUT2D eigenvalue weighted by molar-refractivity contribution is 6.07. The zero-order valence-corrected chi connectivity index (χ0v) is 17.6. The Balaban J connectivity index is 1.45. The Bertz CT molecular complexity index is 1100. The van der Waals surface area contributed by atoms with Crippen molar-refractivity contribution in [3.05, 3.63) is 89.5 Å². The number of amides is 3. The molecular weight excluding hydrogens is 390 g/mol. The summed E-state index contributed by atoms with van der Waals surface area (Å²) >= 11 is 0. The van der Waals surface area contributed by atoms with Crippen molar-refractivity contribution in [3.8, 4) is 5.75 Å². The fourth-order valence-corrected chi connectivity index (χ4v) is 3.85. The van der Waals surface area contributed by atoms with Gasteiger partial charge in [0.1, 0.15) is 5.75 Å². The van der Waals surface area contributed by atoms with E-state index in [0.29, 0.717) is 23.5 Å². The summed E-state index contributed by atoms with van der Waals surface area (Å²) in [6, 6.07) is 22.3. The van der Waals surface area contributed by atoms with Gasteiger partial charge in [-0.1, -0.05) is 36.4 Å². The average molecular weight is 415 g/mol. The molecule has 0 saturated heterocycles. The second kappa shape index (κ2) is 8.92. The summed E-state index contributed by atoms with van der Waals surface area (Å²) in [6.45, 7) is 2.41. The van der Waals surface area contributed by atoms with Crippen LogP contribution >= 0.6 is 0 Å². The van der Waals surface area contributed by atoms with Crippen molar-refractivity contribution >= 4 is 23.3 Å². The summed E-state index contributed by atoms with van der Waals surface area (Å²) in [7, 11) is 1.58. The van der Waals surface area contributed by atoms with Crippen LogP contribution in [0.2, 0.25) is 0 Å². The summed E-state index contributed by atoms with van der Waals surface area (Å²) in [4.78, 5) is 27.2. The van der Waals surface area contributed by atoms with Crippen molar-refractivity contribution in [1.82, 2.24) is 5.32 Å². The van der Waals surface area contributed by atoms with Gasteiger partial charge in [-0.3, -0.25) is 4.79 Å². The summed E-state index contributed by atoms with van der Waals surface area (Å²) in [5.74, 6) is 0.668. The fourth-order valence-electron chi connectivity index (χ4n) is 3.85. The molecule has 1 heterocycles. The summed E-state index contributed by atoms with van der Waals surface area (Å²) in [5.41, 5.74) is 4.30. The third-order valence-corrected chi connectivity index (χ3v) is 5.39. The average Bonchev–Trinajstić information content (AvgIpc) is 3.12. The number of benzene rings is 3. The molecule has 0 spiro atoms. The molecule has 0 aliphatic carbocycles. The number of nitrogens with one attached hydrogen (secondary N) is 2. The van der Waals surface area contributed by atoms with Gasteiger partial charge in [0.2, 0.25) is 0 Å². The monoisotopic (exact) mass is 415 g/mol. The van der Waals surface area contributed by atoms with Crippen LogP contribution in [0.5, 0.6) is 5.75 Å². The molecule has 0 radical (unpaired) electrons. The Labute approximate surface area is 181 Å². The van der Waals surface area contributed by atoms with Crippen LogP contribution in [0, 0.1) is 0 Å². The van der Waals surface area contributed by atoms with Crippen LogP contribution in [0.4, 0.5) is 16.2 Å². The number of rotatable bonds is 5. The quantitative estimate of drug-likeness (QED) is 0.639. The van der Waals surface area contributed by atoms with Crippen LogP contribution in [0.15, 0.2) is 72.8 Å². The highest BCUT2D eigenvalue weighted by atomic mass is 16.5. The number of ether oxygens (including phenoxy) is 1. The molecule has 4 rings (SSSR count). The zero-order valence-electron chi connectivity index (χ0n) is 17.6. The van der Waals surface area contributed by atoms with E-state index in [1.54, 1.807) is 19.2 Å². The maximum Gasteiger partial charge on any atom is 0.319 e. The molecule has 3 amide bonds. The van der Waals surface area contributed by atoms with E-state index in [-0.39, 0.29) is 18.0 Å². The minimum Gasteiger partial charge on any atom is -0.497 e. The third kappa shape index (κ3) is 4.53. The van der Waals surface area contributed by atoms with Gasteiger partial charge in [-0.25, -0.2) is 4.79 Å². The molecule has 1 aliphatic rings.